The Balaban J connectivity index is 2.58. The minimum Gasteiger partial charge on any atom is -0.466 e. The molecule has 1 rings (SSSR count). The van der Waals surface area contributed by atoms with E-state index in [9.17, 15) is 14.4 Å². The van der Waals surface area contributed by atoms with Crippen LogP contribution in [0.25, 0.3) is 0 Å². The third-order valence-corrected chi connectivity index (χ3v) is 2.97. The van der Waals surface area contributed by atoms with Gasteiger partial charge in [0.05, 0.1) is 13.0 Å². The Kier molecular flexibility index (Phi) is 6.68. The van der Waals surface area contributed by atoms with Gasteiger partial charge in [-0.25, -0.2) is 0 Å². The van der Waals surface area contributed by atoms with Crippen LogP contribution in [0.2, 0.25) is 5.02 Å². The number of carbonyl (C=O) groups excluding carboxylic acids is 3. The van der Waals surface area contributed by atoms with Gasteiger partial charge in [0.15, 0.2) is 0 Å². The summed E-state index contributed by atoms with van der Waals surface area (Å²) in [7, 11) is 0. The molecule has 0 aromatic heterocycles. The number of esters is 1. The van der Waals surface area contributed by atoms with Crippen LogP contribution in [0.3, 0.4) is 0 Å². The van der Waals surface area contributed by atoms with E-state index >= 15 is 0 Å². The largest absolute Gasteiger partial charge is 0.466 e. The van der Waals surface area contributed by atoms with Crippen LogP contribution in [0.4, 0.5) is 0 Å². The number of nitrogens with one attached hydrogen (secondary N) is 1. The van der Waals surface area contributed by atoms with Gasteiger partial charge in [0, 0.05) is 11.6 Å². The Labute approximate surface area is 127 Å². The fraction of sp³-hybridized carbons (Fsp3) is 0.357. The van der Waals surface area contributed by atoms with Crippen LogP contribution in [0.15, 0.2) is 24.3 Å². The molecule has 0 aliphatic rings. The first-order chi connectivity index (χ1) is 9.93. The Morgan fingerprint density at radius 3 is 2.43 bits per heavy atom. The summed E-state index contributed by atoms with van der Waals surface area (Å²) >= 11 is 5.75. The van der Waals surface area contributed by atoms with Gasteiger partial charge in [-0.15, -0.1) is 0 Å². The molecule has 7 heteroatoms. The first kappa shape index (κ1) is 17.0. The van der Waals surface area contributed by atoms with E-state index in [0.717, 1.165) is 5.56 Å². The molecule has 0 heterocycles. The van der Waals surface area contributed by atoms with Gasteiger partial charge >= 0.3 is 5.97 Å². The highest BCUT2D eigenvalue weighted by Gasteiger charge is 2.27. The number of carbonyl (C=O) groups is 3. The van der Waals surface area contributed by atoms with E-state index < -0.39 is 23.7 Å². The maximum Gasteiger partial charge on any atom is 0.307 e. The van der Waals surface area contributed by atoms with Crippen LogP contribution >= 0.6 is 11.6 Å². The van der Waals surface area contributed by atoms with Crippen molar-refractivity contribution >= 4 is 29.4 Å². The molecule has 0 bridgehead atoms. The molecule has 0 aliphatic carbocycles. The molecule has 1 aromatic rings. The van der Waals surface area contributed by atoms with Crippen molar-refractivity contribution in [1.29, 1.82) is 0 Å². The molecule has 0 fully saturated rings. The summed E-state index contributed by atoms with van der Waals surface area (Å²) in [4.78, 5) is 34.5. The molecule has 1 aromatic carbocycles. The van der Waals surface area contributed by atoms with Crippen molar-refractivity contribution in [3.8, 4) is 0 Å². The summed E-state index contributed by atoms with van der Waals surface area (Å²) in [5, 5.41) is 3.14. The molecule has 21 heavy (non-hydrogen) atoms. The summed E-state index contributed by atoms with van der Waals surface area (Å²) in [6.45, 7) is 2.02. The van der Waals surface area contributed by atoms with E-state index in [-0.39, 0.29) is 19.6 Å². The normalized spacial score (nSPS) is 11.5. The number of halogens is 1. The van der Waals surface area contributed by atoms with E-state index in [1.165, 1.54) is 0 Å². The Morgan fingerprint density at radius 2 is 1.90 bits per heavy atom. The van der Waals surface area contributed by atoms with Crippen molar-refractivity contribution in [2.75, 3.05) is 6.61 Å². The van der Waals surface area contributed by atoms with Crippen molar-refractivity contribution in [3.63, 3.8) is 0 Å². The van der Waals surface area contributed by atoms with Crippen LogP contribution < -0.4 is 11.1 Å². The number of primary amides is 1. The van der Waals surface area contributed by atoms with Gasteiger partial charge in [0.2, 0.25) is 11.8 Å². The smallest absolute Gasteiger partial charge is 0.307 e. The van der Waals surface area contributed by atoms with E-state index in [2.05, 4.69) is 5.32 Å². The maximum atomic E-state index is 11.9. The van der Waals surface area contributed by atoms with Gasteiger partial charge in [0.1, 0.15) is 5.92 Å². The molecule has 0 saturated heterocycles. The zero-order valence-corrected chi connectivity index (χ0v) is 12.4. The molecule has 3 N–H and O–H groups in total. The first-order valence-electron chi connectivity index (χ1n) is 6.41. The van der Waals surface area contributed by atoms with Crippen LogP contribution in [0.5, 0.6) is 0 Å². The third-order valence-electron chi connectivity index (χ3n) is 2.72. The summed E-state index contributed by atoms with van der Waals surface area (Å²) in [6, 6.07) is 6.86. The third kappa shape index (κ3) is 5.83. The van der Waals surface area contributed by atoms with Crippen molar-refractivity contribution in [2.24, 2.45) is 11.7 Å². The minimum absolute atomic E-state index is 0.177. The highest BCUT2D eigenvalue weighted by molar-refractivity contribution is 6.30. The number of benzene rings is 1. The van der Waals surface area contributed by atoms with Gasteiger partial charge in [-0.1, -0.05) is 23.7 Å². The van der Waals surface area contributed by atoms with E-state index in [0.29, 0.717) is 5.02 Å². The lowest BCUT2D eigenvalue weighted by atomic mass is 10.0. The zero-order chi connectivity index (χ0) is 15.8. The first-order valence-corrected chi connectivity index (χ1v) is 6.79. The molecule has 1 atom stereocenters. The maximum absolute atomic E-state index is 11.9. The predicted octanol–water partition coefficient (Wildman–Crippen LogP) is 1.01. The number of hydrogen-bond donors (Lipinski definition) is 2. The van der Waals surface area contributed by atoms with Crippen molar-refractivity contribution in [1.82, 2.24) is 5.32 Å². The predicted molar refractivity (Wildman–Crippen MR) is 77.2 cm³/mol. The second kappa shape index (κ2) is 8.26. The quantitative estimate of drug-likeness (QED) is 0.580. The lowest BCUT2D eigenvalue weighted by Crippen LogP contribution is -2.40. The van der Waals surface area contributed by atoms with Gasteiger partial charge in [0.25, 0.3) is 0 Å². The molecule has 6 nitrogen and oxygen atoms in total. The summed E-state index contributed by atoms with van der Waals surface area (Å²) in [6.07, 6.45) is -0.365. The molecule has 0 saturated carbocycles. The number of hydrogen-bond acceptors (Lipinski definition) is 4. The number of amides is 2. The highest BCUT2D eigenvalue weighted by atomic mass is 35.5. The second-order valence-electron chi connectivity index (χ2n) is 4.31. The fourth-order valence-electron chi connectivity index (χ4n) is 1.62. The monoisotopic (exact) mass is 312 g/mol. The Bertz CT molecular complexity index is 516. The molecule has 0 spiro atoms. The summed E-state index contributed by atoms with van der Waals surface area (Å²) in [5.74, 6) is -3.35. The lowest BCUT2D eigenvalue weighted by molar-refractivity contribution is -0.149. The van der Waals surface area contributed by atoms with Crippen LogP contribution in [0, 0.1) is 5.92 Å². The number of rotatable bonds is 7. The second-order valence-corrected chi connectivity index (χ2v) is 4.74. The summed E-state index contributed by atoms with van der Waals surface area (Å²) in [5.41, 5.74) is 5.96. The minimum atomic E-state index is -1.24. The van der Waals surface area contributed by atoms with Crippen molar-refractivity contribution in [2.45, 2.75) is 19.9 Å². The number of nitrogens with two attached hydrogens (primary N) is 1. The lowest BCUT2D eigenvalue weighted by Gasteiger charge is -2.13. The highest BCUT2D eigenvalue weighted by Crippen LogP contribution is 2.10. The number of ether oxygens (including phenoxy) is 1. The molecular weight excluding hydrogens is 296 g/mol. The molecule has 114 valence electrons. The fourth-order valence-corrected chi connectivity index (χ4v) is 1.75. The molecule has 0 radical (unpaired) electrons. The average Bonchev–Trinajstić information content (AvgIpc) is 2.44. The zero-order valence-electron chi connectivity index (χ0n) is 11.6. The van der Waals surface area contributed by atoms with E-state index in [1.807, 2.05) is 0 Å². The van der Waals surface area contributed by atoms with Crippen LogP contribution in [-0.4, -0.2) is 24.4 Å². The molecule has 0 aliphatic heterocycles. The SMILES string of the molecule is CCOC(=O)CC(C(N)=O)C(=O)NCc1ccc(Cl)cc1. The molecular formula is C14H17ClN2O4. The van der Waals surface area contributed by atoms with Crippen LogP contribution in [-0.2, 0) is 25.7 Å². The van der Waals surface area contributed by atoms with Crippen molar-refractivity contribution < 1.29 is 19.1 Å². The van der Waals surface area contributed by atoms with E-state index in [4.69, 9.17) is 22.1 Å². The topological polar surface area (TPSA) is 98.5 Å². The van der Waals surface area contributed by atoms with Crippen molar-refractivity contribution in [3.05, 3.63) is 34.9 Å². The van der Waals surface area contributed by atoms with Gasteiger partial charge in [-0.3, -0.25) is 14.4 Å². The molecule has 2 amide bonds. The van der Waals surface area contributed by atoms with E-state index in [1.54, 1.807) is 31.2 Å². The summed E-state index contributed by atoms with van der Waals surface area (Å²) < 4.78 is 4.71. The van der Waals surface area contributed by atoms with Crippen LogP contribution in [0.1, 0.15) is 18.9 Å². The van der Waals surface area contributed by atoms with Gasteiger partial charge in [-0.05, 0) is 24.6 Å². The van der Waals surface area contributed by atoms with Gasteiger partial charge < -0.3 is 15.8 Å². The molecule has 1 unspecified atom stereocenters. The van der Waals surface area contributed by atoms with Gasteiger partial charge in [-0.2, -0.15) is 0 Å². The average molecular weight is 313 g/mol. The Morgan fingerprint density at radius 1 is 1.29 bits per heavy atom. The standard InChI is InChI=1S/C14H17ClN2O4/c1-2-21-12(18)7-11(13(16)19)14(20)17-8-9-3-5-10(15)6-4-9/h3-6,11H,2,7-8H2,1H3,(H2,16,19)(H,17,20). The Hall–Kier alpha value is -2.08.